The summed E-state index contributed by atoms with van der Waals surface area (Å²) in [7, 11) is 0. The summed E-state index contributed by atoms with van der Waals surface area (Å²) in [5.41, 5.74) is 2.51. The second-order valence-electron chi connectivity index (χ2n) is 6.49. The monoisotopic (exact) mass is 362 g/mol. The van der Waals surface area contributed by atoms with Crippen molar-refractivity contribution in [2.45, 2.75) is 45.4 Å². The molecule has 1 N–H and O–H groups in total. The van der Waals surface area contributed by atoms with Gasteiger partial charge in [-0.2, -0.15) is 0 Å². The number of ether oxygens (including phenoxy) is 2. The standard InChI is InChI=1S/C19H23FN2O4/c1-12-16(13(2)26-22-12)10-25-18-7-8-24-11-17(18)21-19(23)9-14-3-5-15(20)6-4-14/h3-6,17-18H,7-11H2,1-2H3,(H,21,23)/t17-,18+/m0/s1. The number of carbonyl (C=O) groups excluding carboxylic acids is 1. The first-order chi connectivity index (χ1) is 12.5. The Hall–Kier alpha value is -2.25. The van der Waals surface area contributed by atoms with Gasteiger partial charge in [0.25, 0.3) is 0 Å². The number of hydrogen-bond acceptors (Lipinski definition) is 5. The van der Waals surface area contributed by atoms with Gasteiger partial charge in [-0.1, -0.05) is 17.3 Å². The molecule has 1 fully saturated rings. The van der Waals surface area contributed by atoms with Gasteiger partial charge in [-0.25, -0.2) is 4.39 Å². The van der Waals surface area contributed by atoms with Crippen LogP contribution in [0.1, 0.15) is 29.0 Å². The lowest BCUT2D eigenvalue weighted by Crippen LogP contribution is -2.50. The van der Waals surface area contributed by atoms with E-state index < -0.39 is 0 Å². The highest BCUT2D eigenvalue weighted by molar-refractivity contribution is 5.78. The Bertz CT molecular complexity index is 725. The topological polar surface area (TPSA) is 73.6 Å². The lowest BCUT2D eigenvalue weighted by molar-refractivity contribution is -0.125. The molecule has 0 unspecified atom stereocenters. The summed E-state index contributed by atoms with van der Waals surface area (Å²) in [5.74, 6) is 0.284. The highest BCUT2D eigenvalue weighted by Crippen LogP contribution is 2.18. The maximum absolute atomic E-state index is 13.0. The zero-order valence-electron chi connectivity index (χ0n) is 15.0. The largest absolute Gasteiger partial charge is 0.379 e. The lowest BCUT2D eigenvalue weighted by atomic mass is 10.1. The van der Waals surface area contributed by atoms with Gasteiger partial charge in [-0.3, -0.25) is 4.79 Å². The van der Waals surface area contributed by atoms with Crippen molar-refractivity contribution < 1.29 is 23.2 Å². The van der Waals surface area contributed by atoms with Gasteiger partial charge >= 0.3 is 0 Å². The average Bonchev–Trinajstić information content (AvgIpc) is 2.94. The summed E-state index contributed by atoms with van der Waals surface area (Å²) < 4.78 is 29.6. The predicted octanol–water partition coefficient (Wildman–Crippen LogP) is 2.46. The number of aryl methyl sites for hydroxylation is 2. The summed E-state index contributed by atoms with van der Waals surface area (Å²) in [5, 5.41) is 6.89. The summed E-state index contributed by atoms with van der Waals surface area (Å²) >= 11 is 0. The number of rotatable bonds is 6. The van der Waals surface area contributed by atoms with Crippen LogP contribution < -0.4 is 5.32 Å². The zero-order chi connectivity index (χ0) is 18.5. The van der Waals surface area contributed by atoms with Crippen molar-refractivity contribution in [1.82, 2.24) is 10.5 Å². The first-order valence-electron chi connectivity index (χ1n) is 8.68. The number of carbonyl (C=O) groups is 1. The second-order valence-corrected chi connectivity index (χ2v) is 6.49. The van der Waals surface area contributed by atoms with Gasteiger partial charge in [0.1, 0.15) is 11.6 Å². The van der Waals surface area contributed by atoms with Crippen LogP contribution in [0.2, 0.25) is 0 Å². The number of aromatic nitrogens is 1. The fourth-order valence-corrected chi connectivity index (χ4v) is 3.00. The fourth-order valence-electron chi connectivity index (χ4n) is 3.00. The van der Waals surface area contributed by atoms with Crippen LogP contribution in [0.3, 0.4) is 0 Å². The van der Waals surface area contributed by atoms with Crippen LogP contribution in [-0.2, 0) is 27.3 Å². The van der Waals surface area contributed by atoms with Crippen LogP contribution in [0, 0.1) is 19.7 Å². The van der Waals surface area contributed by atoms with Gasteiger partial charge in [0.2, 0.25) is 5.91 Å². The van der Waals surface area contributed by atoms with Crippen LogP contribution >= 0.6 is 0 Å². The van der Waals surface area contributed by atoms with Crippen molar-refractivity contribution in [3.8, 4) is 0 Å². The van der Waals surface area contributed by atoms with Gasteiger partial charge in [0, 0.05) is 12.2 Å². The van der Waals surface area contributed by atoms with Crippen molar-refractivity contribution in [3.05, 3.63) is 52.7 Å². The van der Waals surface area contributed by atoms with Crippen molar-refractivity contribution >= 4 is 5.91 Å². The predicted molar refractivity (Wildman–Crippen MR) is 92.0 cm³/mol. The molecule has 1 aromatic carbocycles. The van der Waals surface area contributed by atoms with E-state index in [-0.39, 0.29) is 30.3 Å². The summed E-state index contributed by atoms with van der Waals surface area (Å²) in [6.07, 6.45) is 0.743. The molecule has 1 saturated heterocycles. The third-order valence-electron chi connectivity index (χ3n) is 4.54. The SMILES string of the molecule is Cc1noc(C)c1CO[C@@H]1CCOC[C@@H]1NC(=O)Cc1ccc(F)cc1. The number of nitrogens with one attached hydrogen (secondary N) is 1. The Kier molecular flexibility index (Phi) is 6.00. The van der Waals surface area contributed by atoms with E-state index in [2.05, 4.69) is 10.5 Å². The molecule has 0 spiro atoms. The maximum atomic E-state index is 13.0. The van der Waals surface area contributed by atoms with Gasteiger partial charge < -0.3 is 19.3 Å². The minimum absolute atomic E-state index is 0.141. The third kappa shape index (κ3) is 4.68. The summed E-state index contributed by atoms with van der Waals surface area (Å²) in [6, 6.07) is 5.69. The molecular formula is C19H23FN2O4. The molecule has 2 aromatic rings. The molecule has 3 rings (SSSR count). The number of nitrogens with zero attached hydrogens (tertiary/aromatic N) is 1. The van der Waals surface area contributed by atoms with E-state index in [4.69, 9.17) is 14.0 Å². The summed E-state index contributed by atoms with van der Waals surface area (Å²) in [6.45, 7) is 5.11. The van der Waals surface area contributed by atoms with E-state index in [0.717, 1.165) is 22.6 Å². The molecule has 1 aromatic heterocycles. The van der Waals surface area contributed by atoms with Gasteiger partial charge in [0.05, 0.1) is 37.5 Å². The van der Waals surface area contributed by atoms with E-state index in [1.54, 1.807) is 12.1 Å². The van der Waals surface area contributed by atoms with Crippen molar-refractivity contribution in [3.63, 3.8) is 0 Å². The van der Waals surface area contributed by atoms with Crippen molar-refractivity contribution in [2.24, 2.45) is 0 Å². The van der Waals surface area contributed by atoms with Crippen LogP contribution in [0.5, 0.6) is 0 Å². The van der Waals surface area contributed by atoms with Gasteiger partial charge in [-0.15, -0.1) is 0 Å². The van der Waals surface area contributed by atoms with E-state index in [9.17, 15) is 9.18 Å². The molecule has 0 radical (unpaired) electrons. The van der Waals surface area contributed by atoms with Crippen LogP contribution in [0.15, 0.2) is 28.8 Å². The first-order valence-corrected chi connectivity index (χ1v) is 8.68. The first kappa shape index (κ1) is 18.5. The molecule has 1 amide bonds. The molecule has 0 aliphatic carbocycles. The maximum Gasteiger partial charge on any atom is 0.224 e. The Morgan fingerprint density at radius 2 is 2.12 bits per heavy atom. The van der Waals surface area contributed by atoms with E-state index in [1.807, 2.05) is 13.8 Å². The molecular weight excluding hydrogens is 339 g/mol. The molecule has 7 heteroatoms. The molecule has 0 saturated carbocycles. The van der Waals surface area contributed by atoms with Gasteiger partial charge in [-0.05, 0) is 38.0 Å². The molecule has 26 heavy (non-hydrogen) atoms. The van der Waals surface area contributed by atoms with Crippen molar-refractivity contribution in [1.29, 1.82) is 0 Å². The Morgan fingerprint density at radius 3 is 2.81 bits per heavy atom. The smallest absolute Gasteiger partial charge is 0.224 e. The Morgan fingerprint density at radius 1 is 1.35 bits per heavy atom. The molecule has 1 aliphatic rings. The normalized spacial score (nSPS) is 20.1. The molecule has 6 nitrogen and oxygen atoms in total. The van der Waals surface area contributed by atoms with E-state index in [0.29, 0.717) is 26.2 Å². The van der Waals surface area contributed by atoms with Gasteiger partial charge in [0.15, 0.2) is 0 Å². The van der Waals surface area contributed by atoms with Crippen LogP contribution in [-0.4, -0.2) is 36.4 Å². The van der Waals surface area contributed by atoms with E-state index >= 15 is 0 Å². The highest BCUT2D eigenvalue weighted by atomic mass is 19.1. The van der Waals surface area contributed by atoms with Crippen LogP contribution in [0.4, 0.5) is 4.39 Å². The van der Waals surface area contributed by atoms with E-state index in [1.165, 1.54) is 12.1 Å². The van der Waals surface area contributed by atoms with Crippen molar-refractivity contribution in [2.75, 3.05) is 13.2 Å². The summed E-state index contributed by atoms with van der Waals surface area (Å²) in [4.78, 5) is 12.3. The fraction of sp³-hybridized carbons (Fsp3) is 0.474. The Balaban J connectivity index is 1.56. The molecule has 2 heterocycles. The number of halogens is 1. The highest BCUT2D eigenvalue weighted by Gasteiger charge is 2.28. The minimum atomic E-state index is -0.317. The third-order valence-corrected chi connectivity index (χ3v) is 4.54. The number of amides is 1. The lowest BCUT2D eigenvalue weighted by Gasteiger charge is -2.32. The number of benzene rings is 1. The Labute approximate surface area is 151 Å². The molecule has 140 valence electrons. The number of hydrogen-bond donors (Lipinski definition) is 1. The quantitative estimate of drug-likeness (QED) is 0.855. The molecule has 0 bridgehead atoms. The minimum Gasteiger partial charge on any atom is -0.379 e. The molecule has 1 aliphatic heterocycles. The van der Waals surface area contributed by atoms with Crippen LogP contribution in [0.25, 0.3) is 0 Å². The zero-order valence-corrected chi connectivity index (χ0v) is 15.0. The molecule has 2 atom stereocenters. The average molecular weight is 362 g/mol. The second kappa shape index (κ2) is 8.42.